The number of fused-ring (bicyclic) bond motifs is 4. The molecule has 0 saturated carbocycles. The molecule has 0 unspecified atom stereocenters. The van der Waals surface area contributed by atoms with Crippen molar-refractivity contribution in [1.82, 2.24) is 10.2 Å². The molecule has 3 aliphatic heterocycles. The van der Waals surface area contributed by atoms with Crippen LogP contribution in [0.15, 0.2) is 22.7 Å². The fraction of sp³-hybridized carbons (Fsp3) is 0.500. The van der Waals surface area contributed by atoms with E-state index in [1.807, 2.05) is 32.0 Å². The number of nitrogens with one attached hydrogen (secondary N) is 2. The van der Waals surface area contributed by atoms with Crippen LogP contribution >= 0.6 is 15.9 Å². The lowest BCUT2D eigenvalue weighted by Crippen LogP contribution is -2.53. The highest BCUT2D eigenvalue weighted by Crippen LogP contribution is 2.53. The highest BCUT2D eigenvalue weighted by molar-refractivity contribution is 9.10. The molecule has 2 saturated heterocycles. The van der Waals surface area contributed by atoms with Crippen molar-refractivity contribution in [1.29, 1.82) is 0 Å². The van der Waals surface area contributed by atoms with Crippen LogP contribution in [0.5, 0.6) is 0 Å². The van der Waals surface area contributed by atoms with Gasteiger partial charge in [-0.25, -0.2) is 0 Å². The molecule has 1 aromatic carbocycles. The summed E-state index contributed by atoms with van der Waals surface area (Å²) in [7, 11) is 0. The Morgan fingerprint density at radius 1 is 1.24 bits per heavy atom. The number of amides is 3. The average molecular weight is 406 g/mol. The van der Waals surface area contributed by atoms with Crippen LogP contribution in [-0.4, -0.2) is 35.2 Å². The van der Waals surface area contributed by atoms with E-state index in [0.717, 1.165) is 22.9 Å². The smallest absolute Gasteiger partial charge is 0.250 e. The molecule has 1 aromatic rings. The summed E-state index contributed by atoms with van der Waals surface area (Å²) >= 11 is 3.45. The third kappa shape index (κ3) is 2.08. The number of carbonyl (C=O) groups is 3. The Kier molecular flexibility index (Phi) is 3.77. The number of hydrogen-bond donors (Lipinski definition) is 2. The van der Waals surface area contributed by atoms with Crippen molar-refractivity contribution in [2.24, 2.45) is 11.8 Å². The average Bonchev–Trinajstić information content (AvgIpc) is 3.12. The Hall–Kier alpha value is -1.73. The first-order chi connectivity index (χ1) is 11.9. The van der Waals surface area contributed by atoms with E-state index in [0.29, 0.717) is 12.2 Å². The number of unbranched alkanes of at least 4 members (excludes halogenated alkanes) is 1. The van der Waals surface area contributed by atoms with Gasteiger partial charge in [0.2, 0.25) is 17.7 Å². The van der Waals surface area contributed by atoms with Crippen LogP contribution in [0.25, 0.3) is 0 Å². The number of carbonyl (C=O) groups excluding carboxylic acids is 3. The lowest BCUT2D eigenvalue weighted by molar-refractivity contribution is -0.142. The number of hydrogen-bond acceptors (Lipinski definition) is 4. The van der Waals surface area contributed by atoms with Gasteiger partial charge < -0.3 is 5.32 Å². The molecule has 0 aromatic heterocycles. The maximum Gasteiger partial charge on any atom is 0.250 e. The summed E-state index contributed by atoms with van der Waals surface area (Å²) in [4.78, 5) is 40.3. The Labute approximate surface area is 154 Å². The summed E-state index contributed by atoms with van der Waals surface area (Å²) in [5, 5.41) is 6.18. The van der Waals surface area contributed by atoms with Crippen molar-refractivity contribution >= 4 is 39.3 Å². The molecule has 7 heteroatoms. The minimum absolute atomic E-state index is 0.156. The van der Waals surface area contributed by atoms with E-state index in [2.05, 4.69) is 26.6 Å². The van der Waals surface area contributed by atoms with E-state index < -0.39 is 17.4 Å². The third-order valence-electron chi connectivity index (χ3n) is 5.65. The number of rotatable bonds is 3. The second kappa shape index (κ2) is 5.64. The molecular weight excluding hydrogens is 386 g/mol. The first-order valence-corrected chi connectivity index (χ1v) is 9.45. The molecule has 0 radical (unpaired) electrons. The van der Waals surface area contributed by atoms with Gasteiger partial charge in [-0.2, -0.15) is 0 Å². The molecule has 132 valence electrons. The van der Waals surface area contributed by atoms with Gasteiger partial charge in [0.1, 0.15) is 5.54 Å². The van der Waals surface area contributed by atoms with Crippen LogP contribution in [0, 0.1) is 11.8 Å². The van der Waals surface area contributed by atoms with E-state index in [1.54, 1.807) is 0 Å². The maximum absolute atomic E-state index is 13.1. The van der Waals surface area contributed by atoms with Crippen LogP contribution in [0.1, 0.15) is 32.3 Å². The van der Waals surface area contributed by atoms with Crippen LogP contribution < -0.4 is 10.6 Å². The molecule has 2 fully saturated rings. The van der Waals surface area contributed by atoms with Gasteiger partial charge in [-0.1, -0.05) is 29.3 Å². The van der Waals surface area contributed by atoms with Crippen LogP contribution in [-0.2, 0) is 19.9 Å². The molecular formula is C18H20BrN3O3. The first kappa shape index (κ1) is 16.7. The SMILES string of the molecule is CCCCN1C(=O)[C@@H]2[C@H](C)N[C@@]3(C(=O)Nc4ccc(Br)cc43)[C@H]2C1=O. The minimum atomic E-state index is -1.17. The van der Waals surface area contributed by atoms with E-state index >= 15 is 0 Å². The number of imide groups is 1. The second-order valence-corrected chi connectivity index (χ2v) is 7.99. The molecule has 2 N–H and O–H groups in total. The second-order valence-electron chi connectivity index (χ2n) is 7.07. The van der Waals surface area contributed by atoms with Gasteiger partial charge in [-0.05, 0) is 31.5 Å². The van der Waals surface area contributed by atoms with Gasteiger partial charge in [-0.3, -0.25) is 24.6 Å². The van der Waals surface area contributed by atoms with Crippen molar-refractivity contribution in [2.75, 3.05) is 11.9 Å². The summed E-state index contributed by atoms with van der Waals surface area (Å²) in [6, 6.07) is 5.29. The zero-order valence-corrected chi connectivity index (χ0v) is 15.7. The molecule has 3 heterocycles. The number of benzene rings is 1. The summed E-state index contributed by atoms with van der Waals surface area (Å²) in [5.74, 6) is -1.83. The van der Waals surface area contributed by atoms with Crippen molar-refractivity contribution in [2.45, 2.75) is 38.3 Å². The summed E-state index contributed by atoms with van der Waals surface area (Å²) in [6.07, 6.45) is 1.68. The van der Waals surface area contributed by atoms with Crippen LogP contribution in [0.2, 0.25) is 0 Å². The summed E-state index contributed by atoms with van der Waals surface area (Å²) < 4.78 is 0.833. The zero-order valence-electron chi connectivity index (χ0n) is 14.1. The van der Waals surface area contributed by atoms with Crippen LogP contribution in [0.4, 0.5) is 5.69 Å². The summed E-state index contributed by atoms with van der Waals surface area (Å²) in [5.41, 5.74) is 0.266. The molecule has 25 heavy (non-hydrogen) atoms. The highest BCUT2D eigenvalue weighted by atomic mass is 79.9. The number of halogens is 1. The number of likely N-dealkylation sites (tertiary alicyclic amines) is 1. The van der Waals surface area contributed by atoms with Gasteiger partial charge in [0.15, 0.2) is 0 Å². The minimum Gasteiger partial charge on any atom is -0.324 e. The Morgan fingerprint density at radius 2 is 2.00 bits per heavy atom. The molecule has 4 atom stereocenters. The topological polar surface area (TPSA) is 78.5 Å². The van der Waals surface area contributed by atoms with Crippen LogP contribution in [0.3, 0.4) is 0 Å². The lowest BCUT2D eigenvalue weighted by atomic mass is 9.76. The normalized spacial score (nSPS) is 33.2. The molecule has 1 spiro atoms. The van der Waals surface area contributed by atoms with E-state index in [1.165, 1.54) is 4.90 Å². The predicted octanol–water partition coefficient (Wildman–Crippen LogP) is 1.99. The first-order valence-electron chi connectivity index (χ1n) is 8.66. The van der Waals surface area contributed by atoms with Gasteiger partial charge in [0.05, 0.1) is 11.8 Å². The van der Waals surface area contributed by atoms with Crippen molar-refractivity contribution in [3.8, 4) is 0 Å². The van der Waals surface area contributed by atoms with E-state index in [-0.39, 0.29) is 23.8 Å². The fourth-order valence-electron chi connectivity index (χ4n) is 4.53. The zero-order chi connectivity index (χ0) is 17.9. The lowest BCUT2D eigenvalue weighted by Gasteiger charge is -2.29. The fourth-order valence-corrected chi connectivity index (χ4v) is 4.89. The highest BCUT2D eigenvalue weighted by Gasteiger charge is 2.69. The van der Waals surface area contributed by atoms with Gasteiger partial charge >= 0.3 is 0 Å². The van der Waals surface area contributed by atoms with Crippen molar-refractivity contribution < 1.29 is 14.4 Å². The third-order valence-corrected chi connectivity index (χ3v) is 6.14. The quantitative estimate of drug-likeness (QED) is 0.753. The van der Waals surface area contributed by atoms with E-state index in [4.69, 9.17) is 0 Å². The van der Waals surface area contributed by atoms with E-state index in [9.17, 15) is 14.4 Å². The molecule has 3 aliphatic rings. The molecule has 0 bridgehead atoms. The maximum atomic E-state index is 13.1. The Morgan fingerprint density at radius 3 is 2.72 bits per heavy atom. The molecule has 0 aliphatic carbocycles. The Balaban J connectivity index is 1.83. The molecule has 6 nitrogen and oxygen atoms in total. The van der Waals surface area contributed by atoms with Crippen molar-refractivity contribution in [3.63, 3.8) is 0 Å². The predicted molar refractivity (Wildman–Crippen MR) is 95.7 cm³/mol. The number of nitrogens with zero attached hydrogens (tertiary/aromatic N) is 1. The van der Waals surface area contributed by atoms with Gasteiger partial charge in [0, 0.05) is 28.3 Å². The monoisotopic (exact) mass is 405 g/mol. The molecule has 3 amide bonds. The van der Waals surface area contributed by atoms with Gasteiger partial charge in [0.25, 0.3) is 0 Å². The summed E-state index contributed by atoms with van der Waals surface area (Å²) in [6.45, 7) is 4.33. The van der Waals surface area contributed by atoms with Gasteiger partial charge in [-0.15, -0.1) is 0 Å². The van der Waals surface area contributed by atoms with Crippen molar-refractivity contribution in [3.05, 3.63) is 28.2 Å². The largest absolute Gasteiger partial charge is 0.324 e. The standard InChI is InChI=1S/C18H20BrN3O3/c1-3-4-7-22-15(23)13-9(2)21-18(14(13)16(22)24)11-8-10(19)5-6-12(11)20-17(18)25/h5-6,8-9,13-14,21H,3-4,7H2,1-2H3,(H,20,25)/t9-,13+,14+,18+/m0/s1. The molecule has 4 rings (SSSR count). The number of anilines is 1. The Bertz CT molecular complexity index is 796.